The van der Waals surface area contributed by atoms with Crippen LogP contribution in [0.2, 0.25) is 5.02 Å². The van der Waals surface area contributed by atoms with E-state index >= 15 is 0 Å². The van der Waals surface area contributed by atoms with Gasteiger partial charge < -0.3 is 10.1 Å². The van der Waals surface area contributed by atoms with Crippen molar-refractivity contribution in [3.63, 3.8) is 0 Å². The molecule has 98 valence electrons. The van der Waals surface area contributed by atoms with E-state index in [2.05, 4.69) is 11.9 Å². The Labute approximate surface area is 113 Å². The summed E-state index contributed by atoms with van der Waals surface area (Å²) in [5.41, 5.74) is 1.81. The molecule has 1 atom stereocenters. The van der Waals surface area contributed by atoms with E-state index in [1.165, 1.54) is 0 Å². The average molecular weight is 268 g/mol. The quantitative estimate of drug-likeness (QED) is 0.833. The number of aryl methyl sites for hydroxylation is 1. The van der Waals surface area contributed by atoms with Crippen LogP contribution in [0, 0.1) is 6.92 Å². The Kier molecular flexibility index (Phi) is 5.23. The van der Waals surface area contributed by atoms with Crippen LogP contribution in [0.1, 0.15) is 19.4 Å². The van der Waals surface area contributed by atoms with Gasteiger partial charge in [0, 0.05) is 11.6 Å². The zero-order valence-electron chi connectivity index (χ0n) is 10.9. The molecule has 0 saturated carbocycles. The first-order valence-electron chi connectivity index (χ1n) is 5.75. The number of carbonyl (C=O) groups is 1. The standard InChI is InChI=1S/C14H18ClNO2/c1-9(2)8-16-14(17)11(4)18-13-6-5-12(15)7-10(13)3/h5-7,11H,1,8H2,2-4H3,(H,16,17). The lowest BCUT2D eigenvalue weighted by atomic mass is 10.2. The van der Waals surface area contributed by atoms with Crippen molar-refractivity contribution in [3.8, 4) is 5.75 Å². The number of amides is 1. The molecule has 1 rings (SSSR count). The number of halogens is 1. The van der Waals surface area contributed by atoms with Crippen molar-refractivity contribution in [2.45, 2.75) is 26.9 Å². The van der Waals surface area contributed by atoms with Crippen molar-refractivity contribution >= 4 is 17.5 Å². The first-order valence-corrected chi connectivity index (χ1v) is 6.13. The first-order chi connectivity index (χ1) is 8.40. The average Bonchev–Trinajstić information content (AvgIpc) is 2.29. The summed E-state index contributed by atoms with van der Waals surface area (Å²) >= 11 is 5.86. The van der Waals surface area contributed by atoms with Crippen molar-refractivity contribution in [2.75, 3.05) is 6.54 Å². The predicted octanol–water partition coefficient (Wildman–Crippen LogP) is 3.11. The van der Waals surface area contributed by atoms with Crippen LogP contribution >= 0.6 is 11.6 Å². The fraction of sp³-hybridized carbons (Fsp3) is 0.357. The SMILES string of the molecule is C=C(C)CNC(=O)C(C)Oc1ccc(Cl)cc1C. The molecule has 0 spiro atoms. The lowest BCUT2D eigenvalue weighted by Gasteiger charge is -2.16. The number of rotatable bonds is 5. The van der Waals surface area contributed by atoms with Crippen LogP contribution in [0.3, 0.4) is 0 Å². The molecule has 1 amide bonds. The summed E-state index contributed by atoms with van der Waals surface area (Å²) in [5, 5.41) is 3.40. The molecular weight excluding hydrogens is 250 g/mol. The second kappa shape index (κ2) is 6.45. The molecule has 4 heteroatoms. The molecule has 1 aromatic rings. The monoisotopic (exact) mass is 267 g/mol. The molecule has 3 nitrogen and oxygen atoms in total. The van der Waals surface area contributed by atoms with Crippen molar-refractivity contribution in [2.24, 2.45) is 0 Å². The Morgan fingerprint density at radius 2 is 2.22 bits per heavy atom. The molecule has 1 unspecified atom stereocenters. The van der Waals surface area contributed by atoms with E-state index in [9.17, 15) is 4.79 Å². The van der Waals surface area contributed by atoms with Crippen molar-refractivity contribution in [3.05, 3.63) is 40.9 Å². The largest absolute Gasteiger partial charge is 0.481 e. The summed E-state index contributed by atoms with van der Waals surface area (Å²) in [6, 6.07) is 5.30. The minimum atomic E-state index is -0.552. The Hall–Kier alpha value is -1.48. The van der Waals surface area contributed by atoms with Crippen molar-refractivity contribution in [1.82, 2.24) is 5.32 Å². The Morgan fingerprint density at radius 1 is 1.56 bits per heavy atom. The minimum Gasteiger partial charge on any atom is -0.481 e. The second-order valence-corrected chi connectivity index (χ2v) is 4.78. The topological polar surface area (TPSA) is 38.3 Å². The molecule has 18 heavy (non-hydrogen) atoms. The van der Waals surface area contributed by atoms with Gasteiger partial charge in [-0.3, -0.25) is 4.79 Å². The number of carbonyl (C=O) groups excluding carboxylic acids is 1. The molecule has 1 aromatic carbocycles. The Morgan fingerprint density at radius 3 is 2.78 bits per heavy atom. The normalized spacial score (nSPS) is 11.8. The molecule has 1 N–H and O–H groups in total. The second-order valence-electron chi connectivity index (χ2n) is 4.34. The molecule has 0 radical (unpaired) electrons. The Bertz CT molecular complexity index is 457. The van der Waals surface area contributed by atoms with Crippen LogP contribution < -0.4 is 10.1 Å². The zero-order chi connectivity index (χ0) is 13.7. The third kappa shape index (κ3) is 4.41. The fourth-order valence-electron chi connectivity index (χ4n) is 1.37. The highest BCUT2D eigenvalue weighted by atomic mass is 35.5. The van der Waals surface area contributed by atoms with Crippen LogP contribution in [-0.4, -0.2) is 18.6 Å². The molecule has 0 bridgehead atoms. The van der Waals surface area contributed by atoms with Gasteiger partial charge in [-0.15, -0.1) is 0 Å². The van der Waals surface area contributed by atoms with E-state index in [0.29, 0.717) is 17.3 Å². The zero-order valence-corrected chi connectivity index (χ0v) is 11.7. The summed E-state index contributed by atoms with van der Waals surface area (Å²) in [7, 11) is 0. The van der Waals surface area contributed by atoms with Gasteiger partial charge in [-0.05, 0) is 44.5 Å². The molecule has 0 aromatic heterocycles. The van der Waals surface area contributed by atoms with Gasteiger partial charge in [-0.2, -0.15) is 0 Å². The van der Waals surface area contributed by atoms with E-state index in [0.717, 1.165) is 11.1 Å². The maximum atomic E-state index is 11.7. The predicted molar refractivity (Wildman–Crippen MR) is 74.1 cm³/mol. The lowest BCUT2D eigenvalue weighted by Crippen LogP contribution is -2.37. The van der Waals surface area contributed by atoms with Gasteiger partial charge in [0.1, 0.15) is 5.75 Å². The lowest BCUT2D eigenvalue weighted by molar-refractivity contribution is -0.127. The number of benzene rings is 1. The van der Waals surface area contributed by atoms with Crippen molar-refractivity contribution < 1.29 is 9.53 Å². The fourth-order valence-corrected chi connectivity index (χ4v) is 1.60. The number of ether oxygens (including phenoxy) is 1. The van der Waals surface area contributed by atoms with Crippen LogP contribution in [0.25, 0.3) is 0 Å². The van der Waals surface area contributed by atoms with E-state index in [1.807, 2.05) is 13.8 Å². The molecular formula is C14H18ClNO2. The van der Waals surface area contributed by atoms with Crippen LogP contribution in [0.15, 0.2) is 30.4 Å². The smallest absolute Gasteiger partial charge is 0.261 e. The third-order valence-corrected chi connectivity index (χ3v) is 2.61. The van der Waals surface area contributed by atoms with Crippen LogP contribution in [-0.2, 0) is 4.79 Å². The summed E-state index contributed by atoms with van der Waals surface area (Å²) in [5.74, 6) is 0.504. The third-order valence-electron chi connectivity index (χ3n) is 2.37. The maximum absolute atomic E-state index is 11.7. The summed E-state index contributed by atoms with van der Waals surface area (Å²) in [6.45, 7) is 9.64. The van der Waals surface area contributed by atoms with E-state index < -0.39 is 6.10 Å². The maximum Gasteiger partial charge on any atom is 0.261 e. The van der Waals surface area contributed by atoms with Crippen molar-refractivity contribution in [1.29, 1.82) is 0 Å². The van der Waals surface area contributed by atoms with Gasteiger partial charge >= 0.3 is 0 Å². The molecule has 0 saturated heterocycles. The molecule has 0 heterocycles. The highest BCUT2D eigenvalue weighted by Gasteiger charge is 2.15. The molecule has 0 aliphatic heterocycles. The van der Waals surface area contributed by atoms with Gasteiger partial charge in [-0.1, -0.05) is 23.8 Å². The number of nitrogens with one attached hydrogen (secondary N) is 1. The van der Waals surface area contributed by atoms with Gasteiger partial charge in [0.15, 0.2) is 6.10 Å². The van der Waals surface area contributed by atoms with Gasteiger partial charge in [0.2, 0.25) is 0 Å². The summed E-state index contributed by atoms with van der Waals surface area (Å²) < 4.78 is 5.59. The van der Waals surface area contributed by atoms with Gasteiger partial charge in [0.25, 0.3) is 5.91 Å². The molecule has 0 fully saturated rings. The van der Waals surface area contributed by atoms with Gasteiger partial charge in [0.05, 0.1) is 0 Å². The highest BCUT2D eigenvalue weighted by Crippen LogP contribution is 2.22. The minimum absolute atomic E-state index is 0.160. The van der Waals surface area contributed by atoms with Crippen LogP contribution in [0.4, 0.5) is 0 Å². The van der Waals surface area contributed by atoms with Crippen LogP contribution in [0.5, 0.6) is 5.75 Å². The molecule has 0 aliphatic carbocycles. The van der Waals surface area contributed by atoms with E-state index in [4.69, 9.17) is 16.3 Å². The molecule has 0 aliphatic rings. The Balaban J connectivity index is 2.60. The highest BCUT2D eigenvalue weighted by molar-refractivity contribution is 6.30. The summed E-state index contributed by atoms with van der Waals surface area (Å²) in [6.07, 6.45) is -0.552. The van der Waals surface area contributed by atoms with E-state index in [-0.39, 0.29) is 5.91 Å². The first kappa shape index (κ1) is 14.6. The van der Waals surface area contributed by atoms with Gasteiger partial charge in [-0.25, -0.2) is 0 Å². The summed E-state index contributed by atoms with van der Waals surface area (Å²) in [4.78, 5) is 11.7. The number of hydrogen-bond donors (Lipinski definition) is 1. The van der Waals surface area contributed by atoms with E-state index in [1.54, 1.807) is 25.1 Å². The number of hydrogen-bond acceptors (Lipinski definition) is 2.